The molecular formula is C22H25F2N7O. The summed E-state index contributed by atoms with van der Waals surface area (Å²) in [5.74, 6) is 1.12. The maximum absolute atomic E-state index is 13.2. The molecule has 0 radical (unpaired) electrons. The Hall–Kier alpha value is -3.53. The molecule has 2 aromatic heterocycles. The Labute approximate surface area is 184 Å². The summed E-state index contributed by atoms with van der Waals surface area (Å²) >= 11 is 0. The van der Waals surface area contributed by atoms with Crippen LogP contribution in [0.3, 0.4) is 0 Å². The molecule has 8 nitrogen and oxygen atoms in total. The molecular weight excluding hydrogens is 416 g/mol. The maximum atomic E-state index is 13.2. The smallest absolute Gasteiger partial charge is 0.222 e. The van der Waals surface area contributed by atoms with Crippen LogP contribution in [0.5, 0.6) is 0 Å². The third kappa shape index (κ3) is 5.20. The van der Waals surface area contributed by atoms with Crippen LogP contribution in [-0.4, -0.2) is 33.3 Å². The monoisotopic (exact) mass is 441 g/mol. The van der Waals surface area contributed by atoms with Crippen LogP contribution in [0, 0.1) is 31.4 Å². The summed E-state index contributed by atoms with van der Waals surface area (Å²) in [6.07, 6.45) is 4.90. The molecule has 168 valence electrons. The van der Waals surface area contributed by atoms with Crippen molar-refractivity contribution in [3.8, 4) is 11.3 Å². The van der Waals surface area contributed by atoms with Gasteiger partial charge in [0.05, 0.1) is 0 Å². The highest BCUT2D eigenvalue weighted by Gasteiger charge is 2.32. The number of allylic oxidation sites excluding steroid dienone is 1. The molecule has 2 aliphatic rings. The van der Waals surface area contributed by atoms with Crippen molar-refractivity contribution in [1.29, 1.82) is 0 Å². The van der Waals surface area contributed by atoms with E-state index < -0.39 is 11.6 Å². The number of likely N-dealkylation sites (N-methyl/N-ethyl adjacent to an activating group) is 1. The Morgan fingerprint density at radius 3 is 2.56 bits per heavy atom. The summed E-state index contributed by atoms with van der Waals surface area (Å²) in [5, 5.41) is 9.02. The normalized spacial score (nSPS) is 17.9. The van der Waals surface area contributed by atoms with Gasteiger partial charge in [0.2, 0.25) is 5.95 Å². The SMILES string of the molecule is Cc1cc(-c2ccc(F)cc2F)no1.Cc1cc(NC2C=C(C3CC3)NN2C)nc(N)n1. The molecule has 3 heterocycles. The lowest BCUT2D eigenvalue weighted by Crippen LogP contribution is -2.39. The first kappa shape index (κ1) is 21.7. The molecule has 1 aliphatic carbocycles. The predicted octanol–water partition coefficient (Wildman–Crippen LogP) is 3.78. The highest BCUT2D eigenvalue weighted by atomic mass is 19.1. The highest BCUT2D eigenvalue weighted by molar-refractivity contribution is 5.59. The average molecular weight is 441 g/mol. The number of aryl methyl sites for hydroxylation is 2. The van der Waals surface area contributed by atoms with Gasteiger partial charge < -0.3 is 21.0 Å². The van der Waals surface area contributed by atoms with E-state index in [4.69, 9.17) is 10.3 Å². The number of halogens is 2. The van der Waals surface area contributed by atoms with E-state index in [2.05, 4.69) is 31.9 Å². The number of hydrogen-bond donors (Lipinski definition) is 3. The fraction of sp³-hybridized carbons (Fsp3) is 0.318. The first-order chi connectivity index (χ1) is 15.3. The molecule has 4 N–H and O–H groups in total. The Balaban J connectivity index is 0.000000158. The lowest BCUT2D eigenvalue weighted by atomic mass is 10.1. The van der Waals surface area contributed by atoms with Gasteiger partial charge in [0, 0.05) is 42.2 Å². The van der Waals surface area contributed by atoms with Crippen molar-refractivity contribution < 1.29 is 13.3 Å². The minimum Gasteiger partial charge on any atom is -0.368 e. The van der Waals surface area contributed by atoms with Crippen molar-refractivity contribution in [2.24, 2.45) is 5.92 Å². The van der Waals surface area contributed by atoms with Gasteiger partial charge in [-0.25, -0.2) is 18.8 Å². The molecule has 0 bridgehead atoms. The van der Waals surface area contributed by atoms with Crippen LogP contribution < -0.4 is 16.5 Å². The van der Waals surface area contributed by atoms with Gasteiger partial charge in [-0.3, -0.25) is 0 Å². The number of hydrogen-bond acceptors (Lipinski definition) is 8. The molecule has 0 amide bonds. The number of rotatable bonds is 4. The Morgan fingerprint density at radius 2 is 1.94 bits per heavy atom. The molecule has 5 rings (SSSR count). The van der Waals surface area contributed by atoms with Crippen molar-refractivity contribution in [3.63, 3.8) is 0 Å². The number of nitrogens with one attached hydrogen (secondary N) is 2. The lowest BCUT2D eigenvalue weighted by Gasteiger charge is -2.21. The zero-order valence-electron chi connectivity index (χ0n) is 18.1. The fourth-order valence-electron chi connectivity index (χ4n) is 3.36. The molecule has 0 saturated heterocycles. The number of nitrogen functional groups attached to an aromatic ring is 1. The first-order valence-electron chi connectivity index (χ1n) is 10.3. The second kappa shape index (κ2) is 8.91. The molecule has 1 fully saturated rings. The molecule has 1 atom stereocenters. The van der Waals surface area contributed by atoms with Crippen molar-refractivity contribution in [2.75, 3.05) is 18.1 Å². The molecule has 32 heavy (non-hydrogen) atoms. The standard InChI is InChI=1S/C12H18N6.C10H7F2NO/c1-7-5-10(16-12(13)14-7)15-11-6-9(8-3-4-8)17-18(11)2;1-6-4-10(13-14-6)8-3-2-7(11)5-9(8)12/h5-6,8,11,17H,3-4H2,1-2H3,(H3,13,14,15,16);2-5H,1H3. The van der Waals surface area contributed by atoms with Gasteiger partial charge >= 0.3 is 0 Å². The molecule has 0 spiro atoms. The van der Waals surface area contributed by atoms with Crippen molar-refractivity contribution >= 4 is 11.8 Å². The number of benzene rings is 1. The van der Waals surface area contributed by atoms with Crippen LogP contribution in [0.25, 0.3) is 11.3 Å². The van der Waals surface area contributed by atoms with E-state index in [9.17, 15) is 8.78 Å². The third-order valence-corrected chi connectivity index (χ3v) is 5.08. The van der Waals surface area contributed by atoms with Crippen molar-refractivity contribution in [2.45, 2.75) is 32.9 Å². The summed E-state index contributed by atoms with van der Waals surface area (Å²) < 4.78 is 30.6. The van der Waals surface area contributed by atoms with E-state index in [-0.39, 0.29) is 11.7 Å². The van der Waals surface area contributed by atoms with Gasteiger partial charge in [-0.2, -0.15) is 4.98 Å². The van der Waals surface area contributed by atoms with Gasteiger partial charge in [-0.1, -0.05) is 5.16 Å². The Morgan fingerprint density at radius 1 is 1.16 bits per heavy atom. The summed E-state index contributed by atoms with van der Waals surface area (Å²) in [6.45, 7) is 3.61. The number of anilines is 2. The number of aromatic nitrogens is 3. The topological polar surface area (TPSA) is 105 Å². The second-order valence-corrected chi connectivity index (χ2v) is 7.91. The zero-order valence-corrected chi connectivity index (χ0v) is 18.1. The van der Waals surface area contributed by atoms with Crippen LogP contribution in [0.1, 0.15) is 24.3 Å². The van der Waals surface area contributed by atoms with Gasteiger partial charge in [-0.05, 0) is 50.8 Å². The van der Waals surface area contributed by atoms with Crippen LogP contribution in [0.2, 0.25) is 0 Å². The number of nitrogens with zero attached hydrogens (tertiary/aromatic N) is 4. The number of hydrazine groups is 1. The Bertz CT molecular complexity index is 1120. The summed E-state index contributed by atoms with van der Waals surface area (Å²) in [5.41, 5.74) is 11.8. The van der Waals surface area contributed by atoms with Crippen LogP contribution in [-0.2, 0) is 0 Å². The molecule has 1 unspecified atom stereocenters. The Kier molecular flexibility index (Phi) is 6.04. The summed E-state index contributed by atoms with van der Waals surface area (Å²) in [4.78, 5) is 8.25. The summed E-state index contributed by atoms with van der Waals surface area (Å²) in [7, 11) is 2.01. The molecule has 10 heteroatoms. The first-order valence-corrected chi connectivity index (χ1v) is 10.3. The molecule has 1 saturated carbocycles. The third-order valence-electron chi connectivity index (χ3n) is 5.08. The zero-order chi connectivity index (χ0) is 22.8. The van der Waals surface area contributed by atoms with Crippen LogP contribution in [0.4, 0.5) is 20.5 Å². The maximum Gasteiger partial charge on any atom is 0.222 e. The van der Waals surface area contributed by atoms with E-state index in [1.807, 2.05) is 25.0 Å². The molecule has 3 aromatic rings. The van der Waals surface area contributed by atoms with E-state index in [1.165, 1.54) is 30.7 Å². The predicted molar refractivity (Wildman–Crippen MR) is 117 cm³/mol. The van der Waals surface area contributed by atoms with Crippen LogP contribution >= 0.6 is 0 Å². The number of nitrogens with two attached hydrogens (primary N) is 1. The molecule has 1 aliphatic heterocycles. The van der Waals surface area contributed by atoms with E-state index in [0.717, 1.165) is 23.5 Å². The molecule has 1 aromatic carbocycles. The van der Waals surface area contributed by atoms with Gasteiger partial charge in [0.15, 0.2) is 0 Å². The van der Waals surface area contributed by atoms with Gasteiger partial charge in [0.1, 0.15) is 35.1 Å². The van der Waals surface area contributed by atoms with Crippen LogP contribution in [0.15, 0.2) is 46.6 Å². The fourth-order valence-corrected chi connectivity index (χ4v) is 3.36. The average Bonchev–Trinajstić information content (AvgIpc) is 3.38. The minimum absolute atomic E-state index is 0.106. The van der Waals surface area contributed by atoms with Crippen molar-refractivity contribution in [3.05, 3.63) is 65.2 Å². The van der Waals surface area contributed by atoms with E-state index in [1.54, 1.807) is 13.0 Å². The largest absolute Gasteiger partial charge is 0.368 e. The quantitative estimate of drug-likeness (QED) is 0.562. The second-order valence-electron chi connectivity index (χ2n) is 7.91. The van der Waals surface area contributed by atoms with Gasteiger partial charge in [0.25, 0.3) is 0 Å². The van der Waals surface area contributed by atoms with Crippen molar-refractivity contribution in [1.82, 2.24) is 25.6 Å². The minimum atomic E-state index is -0.640. The van der Waals surface area contributed by atoms with Gasteiger partial charge in [-0.15, -0.1) is 0 Å². The lowest BCUT2D eigenvalue weighted by molar-refractivity contribution is 0.261. The van der Waals surface area contributed by atoms with E-state index >= 15 is 0 Å². The summed E-state index contributed by atoms with van der Waals surface area (Å²) in [6, 6.07) is 6.83. The van der Waals surface area contributed by atoms with E-state index in [0.29, 0.717) is 17.4 Å². The highest BCUT2D eigenvalue weighted by Crippen LogP contribution is 2.37.